The fourth-order valence-corrected chi connectivity index (χ4v) is 3.09. The Kier molecular flexibility index (Phi) is 4.98. The predicted molar refractivity (Wildman–Crippen MR) is 104 cm³/mol. The van der Waals surface area contributed by atoms with Crippen LogP contribution in [-0.2, 0) is 0 Å². The molecule has 4 rings (SSSR count). The van der Waals surface area contributed by atoms with Crippen molar-refractivity contribution >= 4 is 17.2 Å². The maximum atomic E-state index is 13.8. The molecule has 0 aliphatic rings. The number of nitrogens with one attached hydrogen (secondary N) is 1. The molecule has 0 amide bonds. The number of anilines is 2. The zero-order chi connectivity index (χ0) is 21.3. The third-order valence-corrected chi connectivity index (χ3v) is 4.31. The van der Waals surface area contributed by atoms with Gasteiger partial charge in [0.15, 0.2) is 0 Å². The molecule has 0 saturated carbocycles. The van der Waals surface area contributed by atoms with E-state index in [0.717, 1.165) is 0 Å². The van der Waals surface area contributed by atoms with Crippen LogP contribution in [0.3, 0.4) is 0 Å². The number of fused-ring (bicyclic) bond motifs is 1. The van der Waals surface area contributed by atoms with E-state index in [2.05, 4.69) is 26.1 Å². The molecule has 0 spiro atoms. The number of ether oxygens (including phenoxy) is 1. The lowest BCUT2D eigenvalue weighted by Gasteiger charge is -2.10. The van der Waals surface area contributed by atoms with Crippen LogP contribution in [0.15, 0.2) is 54.7 Å². The average Bonchev–Trinajstić information content (AvgIpc) is 3.03. The number of hydrogen-bond acceptors (Lipinski definition) is 5. The first-order valence-electron chi connectivity index (χ1n) is 8.81. The number of imidazole rings is 1. The van der Waals surface area contributed by atoms with Gasteiger partial charge in [0.25, 0.3) is 0 Å². The normalized spacial score (nSPS) is 10.9. The molecule has 0 unspecified atom stereocenters. The Hall–Kier alpha value is -4.06. The summed E-state index contributed by atoms with van der Waals surface area (Å²) in [6, 6.07) is 14.0. The summed E-state index contributed by atoms with van der Waals surface area (Å²) >= 11 is 0. The number of halogens is 3. The summed E-state index contributed by atoms with van der Waals surface area (Å²) < 4.78 is 44.3. The number of nitrogens with zero attached hydrogens (tertiary/aromatic N) is 4. The van der Waals surface area contributed by atoms with E-state index in [-0.39, 0.29) is 5.75 Å². The van der Waals surface area contributed by atoms with Gasteiger partial charge >= 0.3 is 6.61 Å². The van der Waals surface area contributed by atoms with E-state index in [1.807, 2.05) is 0 Å². The third-order valence-electron chi connectivity index (χ3n) is 4.31. The fraction of sp³-hybridized carbons (Fsp3) is 0.0952. The van der Waals surface area contributed by atoms with Crippen molar-refractivity contribution in [2.24, 2.45) is 0 Å². The maximum Gasteiger partial charge on any atom is 0.387 e. The highest BCUT2D eigenvalue weighted by Crippen LogP contribution is 2.27. The van der Waals surface area contributed by atoms with Gasteiger partial charge in [0.05, 0.1) is 28.7 Å². The first-order chi connectivity index (χ1) is 14.4. The number of benzene rings is 1. The van der Waals surface area contributed by atoms with Crippen LogP contribution >= 0.6 is 0 Å². The molecule has 6 nitrogen and oxygen atoms in total. The Morgan fingerprint density at radius 2 is 1.87 bits per heavy atom. The Labute approximate surface area is 169 Å². The topological polar surface area (TPSA) is 75.2 Å². The van der Waals surface area contributed by atoms with E-state index in [1.165, 1.54) is 24.4 Å². The molecule has 0 radical (unpaired) electrons. The van der Waals surface area contributed by atoms with Crippen LogP contribution in [0.25, 0.3) is 17.0 Å². The highest BCUT2D eigenvalue weighted by molar-refractivity contribution is 5.69. The number of rotatable bonds is 5. The summed E-state index contributed by atoms with van der Waals surface area (Å²) in [7, 11) is 0. The van der Waals surface area contributed by atoms with E-state index in [0.29, 0.717) is 39.8 Å². The number of hydrogen-bond donors (Lipinski definition) is 1. The van der Waals surface area contributed by atoms with Crippen LogP contribution in [0.5, 0.6) is 5.75 Å². The maximum absolute atomic E-state index is 13.8. The summed E-state index contributed by atoms with van der Waals surface area (Å²) in [5, 5.41) is 12.5. The molecule has 4 aromatic rings. The first kappa shape index (κ1) is 19.3. The Balaban J connectivity index is 1.72. The van der Waals surface area contributed by atoms with Gasteiger partial charge in [-0.1, -0.05) is 0 Å². The van der Waals surface area contributed by atoms with Crippen LogP contribution in [0.1, 0.15) is 11.3 Å². The van der Waals surface area contributed by atoms with Gasteiger partial charge in [-0.15, -0.1) is 0 Å². The van der Waals surface area contributed by atoms with Gasteiger partial charge in [-0.25, -0.2) is 14.4 Å². The second kappa shape index (κ2) is 7.75. The molecule has 0 atom stereocenters. The van der Waals surface area contributed by atoms with E-state index in [1.54, 1.807) is 41.7 Å². The van der Waals surface area contributed by atoms with Crippen molar-refractivity contribution in [3.05, 3.63) is 71.8 Å². The van der Waals surface area contributed by atoms with Gasteiger partial charge in [0.1, 0.15) is 23.0 Å². The zero-order valence-corrected chi connectivity index (χ0v) is 15.6. The number of aromatic nitrogens is 3. The predicted octanol–water partition coefficient (Wildman–Crippen LogP) is 5.06. The quantitative estimate of drug-likeness (QED) is 0.499. The molecule has 0 saturated heterocycles. The van der Waals surface area contributed by atoms with Crippen molar-refractivity contribution in [2.45, 2.75) is 13.5 Å². The van der Waals surface area contributed by atoms with E-state index >= 15 is 0 Å². The standard InChI is InChI=1S/C21H14F3N5O/c1-12-20(29-11-14(22)2-7-19(29)26-12)17-8-13(10-25)9-18(28-17)27-15-3-5-16(6-4-15)30-21(23)24/h2-9,11,21H,1H3,(H,27,28). The lowest BCUT2D eigenvalue weighted by molar-refractivity contribution is -0.0498. The van der Waals surface area contributed by atoms with Gasteiger partial charge in [-0.2, -0.15) is 14.0 Å². The van der Waals surface area contributed by atoms with Gasteiger partial charge in [-0.05, 0) is 55.5 Å². The van der Waals surface area contributed by atoms with Crippen LogP contribution in [-0.4, -0.2) is 21.0 Å². The van der Waals surface area contributed by atoms with Gasteiger partial charge < -0.3 is 10.1 Å². The second-order valence-electron chi connectivity index (χ2n) is 6.39. The van der Waals surface area contributed by atoms with Crippen molar-refractivity contribution in [3.8, 4) is 23.2 Å². The van der Waals surface area contributed by atoms with Crippen LogP contribution in [0.2, 0.25) is 0 Å². The van der Waals surface area contributed by atoms with Gasteiger partial charge in [0.2, 0.25) is 0 Å². The van der Waals surface area contributed by atoms with Crippen molar-refractivity contribution in [2.75, 3.05) is 5.32 Å². The van der Waals surface area contributed by atoms with Crippen molar-refractivity contribution in [1.82, 2.24) is 14.4 Å². The number of alkyl halides is 2. The minimum Gasteiger partial charge on any atom is -0.435 e. The molecule has 0 aliphatic heterocycles. The molecule has 3 aromatic heterocycles. The lowest BCUT2D eigenvalue weighted by atomic mass is 10.1. The highest BCUT2D eigenvalue weighted by atomic mass is 19.3. The lowest BCUT2D eigenvalue weighted by Crippen LogP contribution is -2.02. The van der Waals surface area contributed by atoms with Crippen molar-refractivity contribution in [1.29, 1.82) is 5.26 Å². The Bertz CT molecular complexity index is 1260. The number of nitriles is 1. The minimum absolute atomic E-state index is 0.0263. The molecular weight excluding hydrogens is 395 g/mol. The van der Waals surface area contributed by atoms with E-state index in [4.69, 9.17) is 0 Å². The summed E-state index contributed by atoms with van der Waals surface area (Å²) in [5.41, 5.74) is 3.08. The summed E-state index contributed by atoms with van der Waals surface area (Å²) in [4.78, 5) is 8.94. The molecule has 1 N–H and O–H groups in total. The van der Waals surface area contributed by atoms with Crippen LogP contribution < -0.4 is 10.1 Å². The molecule has 0 aliphatic carbocycles. The van der Waals surface area contributed by atoms with Gasteiger partial charge in [-0.3, -0.25) is 4.40 Å². The second-order valence-corrected chi connectivity index (χ2v) is 6.39. The third kappa shape index (κ3) is 3.89. The largest absolute Gasteiger partial charge is 0.435 e. The SMILES string of the molecule is Cc1nc2ccc(F)cn2c1-c1cc(C#N)cc(Nc2ccc(OC(F)F)cc2)n1. The molecule has 30 heavy (non-hydrogen) atoms. The monoisotopic (exact) mass is 409 g/mol. The van der Waals surface area contributed by atoms with Crippen molar-refractivity contribution in [3.63, 3.8) is 0 Å². The van der Waals surface area contributed by atoms with E-state index < -0.39 is 12.4 Å². The molecule has 150 valence electrons. The summed E-state index contributed by atoms with van der Waals surface area (Å²) in [6.45, 7) is -1.13. The molecule has 1 aromatic carbocycles. The van der Waals surface area contributed by atoms with Crippen molar-refractivity contribution < 1.29 is 17.9 Å². The first-order valence-corrected chi connectivity index (χ1v) is 8.81. The highest BCUT2D eigenvalue weighted by Gasteiger charge is 2.15. The smallest absolute Gasteiger partial charge is 0.387 e. The Morgan fingerprint density at radius 3 is 2.57 bits per heavy atom. The van der Waals surface area contributed by atoms with Crippen LogP contribution in [0.4, 0.5) is 24.7 Å². The molecular formula is C21H14F3N5O. The number of aryl methyl sites for hydroxylation is 1. The summed E-state index contributed by atoms with van der Waals surface area (Å²) in [6.07, 6.45) is 1.31. The minimum atomic E-state index is -2.90. The summed E-state index contributed by atoms with van der Waals surface area (Å²) in [5.74, 6) is -0.0438. The average molecular weight is 409 g/mol. The molecule has 0 bridgehead atoms. The van der Waals surface area contributed by atoms with Gasteiger partial charge in [0, 0.05) is 11.9 Å². The zero-order valence-electron chi connectivity index (χ0n) is 15.6. The van der Waals surface area contributed by atoms with Crippen LogP contribution in [0, 0.1) is 24.1 Å². The molecule has 3 heterocycles. The van der Waals surface area contributed by atoms with E-state index in [9.17, 15) is 18.4 Å². The fourth-order valence-electron chi connectivity index (χ4n) is 3.09. The Morgan fingerprint density at radius 1 is 1.10 bits per heavy atom. The molecule has 9 heteroatoms. The number of pyridine rings is 2. The molecule has 0 fully saturated rings.